The van der Waals surface area contributed by atoms with Crippen LogP contribution in [0.5, 0.6) is 0 Å². The molecule has 2 aliphatic rings. The molecule has 1 N–H and O–H groups in total. The molecule has 2 fully saturated rings. The van der Waals surface area contributed by atoms with Crippen molar-refractivity contribution in [2.45, 2.75) is 37.7 Å². The Morgan fingerprint density at radius 3 is 2.41 bits per heavy atom. The van der Waals surface area contributed by atoms with Gasteiger partial charge in [0, 0.05) is 31.3 Å². The van der Waals surface area contributed by atoms with Crippen molar-refractivity contribution in [1.82, 2.24) is 15.3 Å². The molecular weight excluding hydrogens is 441 g/mol. The summed E-state index contributed by atoms with van der Waals surface area (Å²) in [6, 6.07) is 4.12. The quantitative estimate of drug-likeness (QED) is 0.499. The SMILES string of the molecule is O=C(N[C@H]1CCN(OC(=O)C(F)(F)F)C1)[C@@H]1CCN1C(=O)OCc1ccc([N+](=O)[O-])cc1. The van der Waals surface area contributed by atoms with E-state index in [-0.39, 0.29) is 38.3 Å². The van der Waals surface area contributed by atoms with Crippen LogP contribution in [0.15, 0.2) is 24.3 Å². The molecule has 174 valence electrons. The van der Waals surface area contributed by atoms with Crippen LogP contribution in [0.4, 0.5) is 23.7 Å². The van der Waals surface area contributed by atoms with E-state index in [0.717, 1.165) is 5.06 Å². The van der Waals surface area contributed by atoms with E-state index in [1.807, 2.05) is 0 Å². The third-order valence-corrected chi connectivity index (χ3v) is 5.01. The van der Waals surface area contributed by atoms with Gasteiger partial charge < -0.3 is 14.9 Å². The Morgan fingerprint density at radius 1 is 1.16 bits per heavy atom. The summed E-state index contributed by atoms with van der Waals surface area (Å²) in [6.07, 6.45) is -5.18. The molecule has 14 heteroatoms. The Bertz CT molecular complexity index is 894. The van der Waals surface area contributed by atoms with Gasteiger partial charge in [0.2, 0.25) is 5.91 Å². The number of hydrogen-bond donors (Lipinski definition) is 1. The van der Waals surface area contributed by atoms with Crippen LogP contribution in [0, 0.1) is 10.1 Å². The zero-order valence-corrected chi connectivity index (χ0v) is 16.5. The van der Waals surface area contributed by atoms with Crippen LogP contribution < -0.4 is 5.32 Å². The highest BCUT2D eigenvalue weighted by molar-refractivity contribution is 5.87. The van der Waals surface area contributed by atoms with Crippen LogP contribution in [0.25, 0.3) is 0 Å². The minimum atomic E-state index is -5.11. The fourth-order valence-electron chi connectivity index (χ4n) is 3.22. The number of carbonyl (C=O) groups is 3. The molecule has 0 aromatic heterocycles. The Labute approximate surface area is 179 Å². The van der Waals surface area contributed by atoms with Crippen molar-refractivity contribution in [2.24, 2.45) is 0 Å². The van der Waals surface area contributed by atoms with Gasteiger partial charge in [-0.05, 0) is 30.5 Å². The standard InChI is InChI=1S/C18H19F3N4O7/c19-18(20,21)16(27)32-23-7-5-12(9-23)22-15(26)14-6-8-24(14)17(28)31-10-11-1-3-13(4-2-11)25(29)30/h1-4,12,14H,5-10H2,(H,22,26)/t12-,14-/m0/s1. The highest BCUT2D eigenvalue weighted by atomic mass is 19.4. The summed E-state index contributed by atoms with van der Waals surface area (Å²) in [7, 11) is 0. The largest absolute Gasteiger partial charge is 0.492 e. The molecule has 0 bridgehead atoms. The van der Waals surface area contributed by atoms with Crippen LogP contribution in [0.2, 0.25) is 0 Å². The number of carbonyl (C=O) groups excluding carboxylic acids is 3. The molecule has 0 spiro atoms. The van der Waals surface area contributed by atoms with Crippen molar-refractivity contribution in [3.63, 3.8) is 0 Å². The van der Waals surface area contributed by atoms with Gasteiger partial charge in [0.15, 0.2) is 0 Å². The van der Waals surface area contributed by atoms with Crippen LogP contribution in [0.3, 0.4) is 0 Å². The number of amides is 2. The van der Waals surface area contributed by atoms with Crippen LogP contribution >= 0.6 is 0 Å². The van der Waals surface area contributed by atoms with Gasteiger partial charge >= 0.3 is 18.2 Å². The molecule has 0 unspecified atom stereocenters. The summed E-state index contributed by atoms with van der Waals surface area (Å²) < 4.78 is 41.9. The van der Waals surface area contributed by atoms with Crippen molar-refractivity contribution in [2.75, 3.05) is 19.6 Å². The van der Waals surface area contributed by atoms with Gasteiger partial charge in [-0.2, -0.15) is 13.2 Å². The van der Waals surface area contributed by atoms with Crippen molar-refractivity contribution in [3.8, 4) is 0 Å². The molecule has 2 atom stereocenters. The number of nitro groups is 1. The molecule has 1 aromatic rings. The van der Waals surface area contributed by atoms with Crippen LogP contribution in [0.1, 0.15) is 18.4 Å². The maximum atomic E-state index is 12.4. The molecular formula is C18H19F3N4O7. The van der Waals surface area contributed by atoms with Crippen molar-refractivity contribution in [1.29, 1.82) is 0 Å². The Kier molecular flexibility index (Phi) is 6.81. The predicted molar refractivity (Wildman–Crippen MR) is 98.7 cm³/mol. The molecule has 2 amide bonds. The van der Waals surface area contributed by atoms with E-state index in [4.69, 9.17) is 4.74 Å². The molecule has 2 saturated heterocycles. The number of likely N-dealkylation sites (tertiary alicyclic amines) is 1. The van der Waals surface area contributed by atoms with Crippen molar-refractivity contribution in [3.05, 3.63) is 39.9 Å². The number of nitro benzene ring substituents is 1. The number of benzene rings is 1. The maximum absolute atomic E-state index is 12.4. The lowest BCUT2D eigenvalue weighted by atomic mass is 10.0. The van der Waals surface area contributed by atoms with Gasteiger partial charge in [0.1, 0.15) is 12.6 Å². The molecule has 1 aromatic carbocycles. The number of nitrogens with one attached hydrogen (secondary N) is 1. The van der Waals surface area contributed by atoms with Gasteiger partial charge in [-0.3, -0.25) is 19.8 Å². The zero-order valence-electron chi connectivity index (χ0n) is 16.5. The number of alkyl halides is 3. The van der Waals surface area contributed by atoms with Gasteiger partial charge in [-0.25, -0.2) is 9.59 Å². The number of rotatable bonds is 6. The lowest BCUT2D eigenvalue weighted by Gasteiger charge is -2.39. The average molecular weight is 460 g/mol. The van der Waals surface area contributed by atoms with Crippen LogP contribution in [-0.4, -0.2) is 70.8 Å². The Hall–Kier alpha value is -3.42. The first-order chi connectivity index (χ1) is 15.0. The first-order valence-corrected chi connectivity index (χ1v) is 9.56. The maximum Gasteiger partial charge on any atom is 0.492 e. The number of hydrogen-bond acceptors (Lipinski definition) is 8. The van der Waals surface area contributed by atoms with Crippen LogP contribution in [-0.2, 0) is 25.8 Å². The smallest absolute Gasteiger partial charge is 0.445 e. The lowest BCUT2D eigenvalue weighted by molar-refractivity contribution is -0.384. The Morgan fingerprint density at radius 2 is 1.84 bits per heavy atom. The van der Waals surface area contributed by atoms with E-state index < -0.39 is 41.2 Å². The normalized spacial score (nSPS) is 20.9. The molecule has 3 rings (SSSR count). The van der Waals surface area contributed by atoms with E-state index in [0.29, 0.717) is 12.0 Å². The molecule has 32 heavy (non-hydrogen) atoms. The van der Waals surface area contributed by atoms with Crippen molar-refractivity contribution >= 4 is 23.7 Å². The number of non-ortho nitro benzene ring substituents is 1. The van der Waals surface area contributed by atoms with E-state index in [1.165, 1.54) is 29.2 Å². The topological polar surface area (TPSA) is 131 Å². The summed E-state index contributed by atoms with van der Waals surface area (Å²) in [5.74, 6) is -2.82. The second-order valence-corrected chi connectivity index (χ2v) is 7.23. The van der Waals surface area contributed by atoms with Crippen molar-refractivity contribution < 1.29 is 42.1 Å². The summed E-state index contributed by atoms with van der Waals surface area (Å²) in [6.45, 7) is 0.0737. The molecule has 0 radical (unpaired) electrons. The molecule has 0 aliphatic carbocycles. The number of ether oxygens (including phenoxy) is 1. The minimum absolute atomic E-state index is 0.0262. The summed E-state index contributed by atoms with van der Waals surface area (Å²) in [5.41, 5.74) is 0.433. The third kappa shape index (κ3) is 5.63. The Balaban J connectivity index is 1.43. The van der Waals surface area contributed by atoms with E-state index >= 15 is 0 Å². The average Bonchev–Trinajstić information content (AvgIpc) is 3.11. The summed E-state index contributed by atoms with van der Waals surface area (Å²) >= 11 is 0. The predicted octanol–water partition coefficient (Wildman–Crippen LogP) is 1.52. The molecule has 11 nitrogen and oxygen atoms in total. The van der Waals surface area contributed by atoms with E-state index in [1.54, 1.807) is 0 Å². The fourth-order valence-corrected chi connectivity index (χ4v) is 3.22. The second-order valence-electron chi connectivity index (χ2n) is 7.23. The number of hydroxylamine groups is 2. The first kappa shape index (κ1) is 23.2. The number of halogens is 3. The van der Waals surface area contributed by atoms with Gasteiger partial charge in [-0.1, -0.05) is 0 Å². The monoisotopic (exact) mass is 460 g/mol. The summed E-state index contributed by atoms with van der Waals surface area (Å²) in [4.78, 5) is 51.1. The lowest BCUT2D eigenvalue weighted by Crippen LogP contribution is -2.59. The first-order valence-electron chi connectivity index (χ1n) is 9.56. The van der Waals surface area contributed by atoms with E-state index in [9.17, 15) is 37.7 Å². The zero-order chi connectivity index (χ0) is 23.5. The molecule has 0 saturated carbocycles. The van der Waals surface area contributed by atoms with Gasteiger partial charge in [-0.15, -0.1) is 5.06 Å². The highest BCUT2D eigenvalue weighted by Crippen LogP contribution is 2.22. The molecule has 2 heterocycles. The second kappa shape index (κ2) is 9.38. The summed E-state index contributed by atoms with van der Waals surface area (Å²) in [5, 5.41) is 14.1. The minimum Gasteiger partial charge on any atom is -0.445 e. The molecule has 2 aliphatic heterocycles. The fraction of sp³-hybridized carbons (Fsp3) is 0.500. The third-order valence-electron chi connectivity index (χ3n) is 5.01. The van der Waals surface area contributed by atoms with E-state index in [2.05, 4.69) is 10.2 Å². The highest BCUT2D eigenvalue weighted by Gasteiger charge is 2.44. The number of nitrogens with zero attached hydrogens (tertiary/aromatic N) is 3. The van der Waals surface area contributed by atoms with Gasteiger partial charge in [0.25, 0.3) is 5.69 Å². The van der Waals surface area contributed by atoms with Gasteiger partial charge in [0.05, 0.1) is 11.5 Å².